The number of carbonyl (C=O) groups is 2. The van der Waals surface area contributed by atoms with Gasteiger partial charge in [0.1, 0.15) is 22.2 Å². The van der Waals surface area contributed by atoms with E-state index < -0.39 is 17.7 Å². The van der Waals surface area contributed by atoms with Crippen molar-refractivity contribution in [3.05, 3.63) is 52.5 Å². The number of hydrogen-bond donors (Lipinski definition) is 1. The first kappa shape index (κ1) is 15.2. The van der Waals surface area contributed by atoms with E-state index in [2.05, 4.69) is 10.3 Å². The lowest BCUT2D eigenvalue weighted by Gasteiger charge is -2.03. The van der Waals surface area contributed by atoms with Gasteiger partial charge in [0.05, 0.1) is 12.7 Å². The normalized spacial score (nSPS) is 10.7. The lowest BCUT2D eigenvalue weighted by Crippen LogP contribution is -2.14. The number of nitrogens with zero attached hydrogens (tertiary/aromatic N) is 2. The molecule has 0 unspecified atom stereocenters. The van der Waals surface area contributed by atoms with Gasteiger partial charge in [0, 0.05) is 17.3 Å². The van der Waals surface area contributed by atoms with Gasteiger partial charge in [-0.2, -0.15) is 0 Å². The van der Waals surface area contributed by atoms with Gasteiger partial charge in [0.2, 0.25) is 0 Å². The highest BCUT2D eigenvalue weighted by atomic mass is 32.1. The van der Waals surface area contributed by atoms with E-state index in [1.807, 2.05) is 6.92 Å². The molecule has 23 heavy (non-hydrogen) atoms. The van der Waals surface area contributed by atoms with Crippen LogP contribution in [0.2, 0.25) is 0 Å². The number of ether oxygens (including phenoxy) is 1. The minimum absolute atomic E-state index is 0.123. The largest absolute Gasteiger partial charge is 0.465 e. The number of nitrogens with one attached hydrogen (secondary N) is 1. The fourth-order valence-electron chi connectivity index (χ4n) is 2.11. The first-order valence-electron chi connectivity index (χ1n) is 6.62. The predicted octanol–water partition coefficient (Wildman–Crippen LogP) is 2.88. The Labute approximate surface area is 134 Å². The van der Waals surface area contributed by atoms with Crippen molar-refractivity contribution in [2.75, 3.05) is 12.4 Å². The standard InChI is InChI=1S/C15H12FN3O3S/c1-8-5-10(15(21)22-2)14(23-8)18-13(20)11-7-19-6-9(16)3-4-12(19)17-11/h3-7H,1-2H3,(H,18,20). The van der Waals surface area contributed by atoms with Crippen molar-refractivity contribution in [1.82, 2.24) is 9.38 Å². The van der Waals surface area contributed by atoms with Crippen LogP contribution in [0, 0.1) is 12.7 Å². The number of rotatable bonds is 3. The molecule has 1 amide bonds. The molecule has 0 saturated carbocycles. The molecule has 3 heterocycles. The third kappa shape index (κ3) is 2.93. The van der Waals surface area contributed by atoms with E-state index in [1.165, 1.54) is 47.4 Å². The van der Waals surface area contributed by atoms with Crippen LogP contribution in [0.15, 0.2) is 30.6 Å². The summed E-state index contributed by atoms with van der Waals surface area (Å²) in [6, 6.07) is 4.38. The maximum Gasteiger partial charge on any atom is 0.340 e. The monoisotopic (exact) mass is 333 g/mol. The van der Waals surface area contributed by atoms with Crippen LogP contribution in [0.5, 0.6) is 0 Å². The summed E-state index contributed by atoms with van der Waals surface area (Å²) < 4.78 is 19.3. The molecular weight excluding hydrogens is 321 g/mol. The van der Waals surface area contributed by atoms with Crippen LogP contribution in [0.1, 0.15) is 25.7 Å². The molecule has 3 aromatic rings. The second kappa shape index (κ2) is 5.81. The molecule has 0 aliphatic carbocycles. The van der Waals surface area contributed by atoms with Gasteiger partial charge >= 0.3 is 5.97 Å². The summed E-state index contributed by atoms with van der Waals surface area (Å²) in [5.74, 6) is -1.44. The zero-order valence-corrected chi connectivity index (χ0v) is 13.1. The lowest BCUT2D eigenvalue weighted by molar-refractivity contribution is 0.0602. The van der Waals surface area contributed by atoms with Crippen LogP contribution in [-0.4, -0.2) is 28.4 Å². The van der Waals surface area contributed by atoms with Crippen LogP contribution in [-0.2, 0) is 4.74 Å². The van der Waals surface area contributed by atoms with E-state index in [4.69, 9.17) is 4.74 Å². The number of pyridine rings is 1. The third-order valence-corrected chi connectivity index (χ3v) is 4.10. The van der Waals surface area contributed by atoms with Crippen molar-refractivity contribution >= 4 is 33.9 Å². The van der Waals surface area contributed by atoms with Gasteiger partial charge in [0.15, 0.2) is 0 Å². The summed E-state index contributed by atoms with van der Waals surface area (Å²) in [4.78, 5) is 29.0. The minimum atomic E-state index is -0.526. The fourth-order valence-corrected chi connectivity index (χ4v) is 3.00. The van der Waals surface area contributed by atoms with Crippen LogP contribution < -0.4 is 5.32 Å². The maximum absolute atomic E-state index is 13.2. The van der Waals surface area contributed by atoms with Crippen molar-refractivity contribution in [3.63, 3.8) is 0 Å². The topological polar surface area (TPSA) is 72.7 Å². The molecule has 6 nitrogen and oxygen atoms in total. The molecule has 0 saturated heterocycles. The number of halogens is 1. The SMILES string of the molecule is COC(=O)c1cc(C)sc1NC(=O)c1cn2cc(F)ccc2n1. The first-order chi connectivity index (χ1) is 11.0. The van der Waals surface area contributed by atoms with E-state index >= 15 is 0 Å². The number of aryl methyl sites for hydroxylation is 1. The van der Waals surface area contributed by atoms with Crippen LogP contribution >= 0.6 is 11.3 Å². The number of thiophene rings is 1. The Hall–Kier alpha value is -2.74. The van der Waals surface area contributed by atoms with Crippen molar-refractivity contribution in [2.24, 2.45) is 0 Å². The van der Waals surface area contributed by atoms with Crippen molar-refractivity contribution < 1.29 is 18.7 Å². The quantitative estimate of drug-likeness (QED) is 0.748. The highest BCUT2D eigenvalue weighted by Gasteiger charge is 2.19. The van der Waals surface area contributed by atoms with E-state index in [0.717, 1.165) is 4.88 Å². The molecule has 1 N–H and O–H groups in total. The molecule has 0 spiro atoms. The Bertz CT molecular complexity index is 916. The Morgan fingerprint density at radius 2 is 2.13 bits per heavy atom. The van der Waals surface area contributed by atoms with E-state index in [-0.39, 0.29) is 11.3 Å². The highest BCUT2D eigenvalue weighted by Crippen LogP contribution is 2.28. The second-order valence-corrected chi connectivity index (χ2v) is 6.04. The Balaban J connectivity index is 1.90. The summed E-state index contributed by atoms with van der Waals surface area (Å²) in [5, 5.41) is 3.04. The summed E-state index contributed by atoms with van der Waals surface area (Å²) in [6.45, 7) is 1.82. The average molecular weight is 333 g/mol. The summed E-state index contributed by atoms with van der Waals surface area (Å²) in [6.07, 6.45) is 2.65. The number of aromatic nitrogens is 2. The molecule has 8 heteroatoms. The Kier molecular flexibility index (Phi) is 3.83. The van der Waals surface area contributed by atoms with Gasteiger partial charge in [0.25, 0.3) is 5.91 Å². The highest BCUT2D eigenvalue weighted by molar-refractivity contribution is 7.16. The molecule has 0 atom stereocenters. The number of methoxy groups -OCH3 is 1. The second-order valence-electron chi connectivity index (χ2n) is 4.78. The minimum Gasteiger partial charge on any atom is -0.465 e. The Morgan fingerprint density at radius 3 is 2.87 bits per heavy atom. The van der Waals surface area contributed by atoms with E-state index in [0.29, 0.717) is 10.6 Å². The lowest BCUT2D eigenvalue weighted by atomic mass is 10.3. The molecular formula is C15H12FN3O3S. The van der Waals surface area contributed by atoms with Gasteiger partial charge in [-0.25, -0.2) is 14.2 Å². The smallest absolute Gasteiger partial charge is 0.340 e. The van der Waals surface area contributed by atoms with E-state index in [1.54, 1.807) is 6.07 Å². The number of imidazole rings is 1. The molecule has 0 aliphatic heterocycles. The Morgan fingerprint density at radius 1 is 1.35 bits per heavy atom. The van der Waals surface area contributed by atoms with Crippen LogP contribution in [0.4, 0.5) is 9.39 Å². The predicted molar refractivity (Wildman–Crippen MR) is 83.5 cm³/mol. The number of amides is 1. The number of esters is 1. The molecule has 3 rings (SSSR count). The molecule has 0 aliphatic rings. The average Bonchev–Trinajstić information content (AvgIpc) is 3.09. The summed E-state index contributed by atoms with van der Waals surface area (Å²) in [7, 11) is 1.28. The van der Waals surface area contributed by atoms with Crippen molar-refractivity contribution in [2.45, 2.75) is 6.92 Å². The van der Waals surface area contributed by atoms with Crippen LogP contribution in [0.25, 0.3) is 5.65 Å². The zero-order chi connectivity index (χ0) is 16.6. The zero-order valence-electron chi connectivity index (χ0n) is 12.3. The number of carbonyl (C=O) groups excluding carboxylic acids is 2. The molecule has 3 aromatic heterocycles. The van der Waals surface area contributed by atoms with Gasteiger partial charge in [-0.1, -0.05) is 0 Å². The molecule has 0 aromatic carbocycles. The maximum atomic E-state index is 13.2. The fraction of sp³-hybridized carbons (Fsp3) is 0.133. The van der Waals surface area contributed by atoms with Gasteiger partial charge in [-0.3, -0.25) is 4.79 Å². The van der Waals surface area contributed by atoms with Crippen LogP contribution in [0.3, 0.4) is 0 Å². The van der Waals surface area contributed by atoms with Gasteiger partial charge < -0.3 is 14.5 Å². The molecule has 0 fully saturated rings. The number of hydrogen-bond acceptors (Lipinski definition) is 5. The number of anilines is 1. The number of fused-ring (bicyclic) bond motifs is 1. The van der Waals surface area contributed by atoms with Crippen molar-refractivity contribution in [1.29, 1.82) is 0 Å². The first-order valence-corrected chi connectivity index (χ1v) is 7.44. The van der Waals surface area contributed by atoms with E-state index in [9.17, 15) is 14.0 Å². The van der Waals surface area contributed by atoms with Crippen molar-refractivity contribution in [3.8, 4) is 0 Å². The van der Waals surface area contributed by atoms with Gasteiger partial charge in [-0.15, -0.1) is 11.3 Å². The molecule has 0 radical (unpaired) electrons. The van der Waals surface area contributed by atoms with Gasteiger partial charge in [-0.05, 0) is 25.1 Å². The third-order valence-electron chi connectivity index (χ3n) is 3.14. The molecule has 118 valence electrons. The molecule has 0 bridgehead atoms. The summed E-state index contributed by atoms with van der Waals surface area (Å²) >= 11 is 1.26. The summed E-state index contributed by atoms with van der Waals surface area (Å²) in [5.41, 5.74) is 0.864.